The molecule has 0 radical (unpaired) electrons. The average molecular weight is 442 g/mol. The van der Waals surface area contributed by atoms with Gasteiger partial charge in [0.1, 0.15) is 0 Å². The molecule has 5 nitrogen and oxygen atoms in total. The fourth-order valence-electron chi connectivity index (χ4n) is 3.66. The van der Waals surface area contributed by atoms with E-state index in [-0.39, 0.29) is 11.5 Å². The van der Waals surface area contributed by atoms with Crippen LogP contribution >= 0.6 is 22.9 Å². The number of hydrogen-bond acceptors (Lipinski definition) is 4. The van der Waals surface area contributed by atoms with Crippen molar-refractivity contribution in [2.45, 2.75) is 19.5 Å². The minimum absolute atomic E-state index is 0.0674. The molecule has 0 atom stereocenters. The Morgan fingerprint density at radius 3 is 2.50 bits per heavy atom. The summed E-state index contributed by atoms with van der Waals surface area (Å²) in [5.74, 6) is 0.113. The number of halogens is 1. The van der Waals surface area contributed by atoms with Crippen LogP contribution in [0.3, 0.4) is 0 Å². The summed E-state index contributed by atoms with van der Waals surface area (Å²) < 4.78 is 1.58. The number of amides is 1. The summed E-state index contributed by atoms with van der Waals surface area (Å²) in [7, 11) is 0. The zero-order valence-corrected chi connectivity index (χ0v) is 18.2. The molecular weight excluding hydrogens is 418 g/mol. The van der Waals surface area contributed by atoms with Gasteiger partial charge in [0, 0.05) is 78.3 Å². The summed E-state index contributed by atoms with van der Waals surface area (Å²) >= 11 is 8.09. The molecule has 0 unspecified atom stereocenters. The topological polar surface area (TPSA) is 45.6 Å². The Balaban J connectivity index is 1.27. The molecule has 1 saturated heterocycles. The van der Waals surface area contributed by atoms with Gasteiger partial charge in [-0.15, -0.1) is 11.3 Å². The molecule has 1 aliphatic rings. The number of aryl methyl sites for hydroxylation is 1. The van der Waals surface area contributed by atoms with Gasteiger partial charge in [-0.2, -0.15) is 0 Å². The molecule has 4 rings (SSSR count). The molecule has 3 aromatic rings. The van der Waals surface area contributed by atoms with E-state index in [0.717, 1.165) is 43.3 Å². The molecule has 1 fully saturated rings. The van der Waals surface area contributed by atoms with Crippen LogP contribution in [-0.2, 0) is 17.9 Å². The Kier molecular flexibility index (Phi) is 6.67. The second-order valence-electron chi connectivity index (χ2n) is 7.39. The molecule has 0 bridgehead atoms. The maximum atomic E-state index is 12.5. The zero-order valence-electron chi connectivity index (χ0n) is 16.7. The monoisotopic (exact) mass is 441 g/mol. The van der Waals surface area contributed by atoms with E-state index in [1.807, 2.05) is 35.2 Å². The number of benzene rings is 1. The molecule has 3 heterocycles. The number of piperazine rings is 1. The number of aromatic nitrogens is 1. The van der Waals surface area contributed by atoms with Crippen LogP contribution in [0.2, 0.25) is 5.02 Å². The third kappa shape index (κ3) is 5.01. The average Bonchev–Trinajstić information content (AvgIpc) is 3.22. The van der Waals surface area contributed by atoms with Crippen molar-refractivity contribution in [2.75, 3.05) is 26.2 Å². The maximum Gasteiger partial charge on any atom is 0.250 e. The summed E-state index contributed by atoms with van der Waals surface area (Å²) in [5.41, 5.74) is 1.01. The second-order valence-corrected chi connectivity index (χ2v) is 8.96. The van der Waals surface area contributed by atoms with Crippen LogP contribution in [0.1, 0.15) is 11.3 Å². The van der Waals surface area contributed by atoms with E-state index in [0.29, 0.717) is 13.0 Å². The molecule has 1 aromatic carbocycles. The first-order valence-corrected chi connectivity index (χ1v) is 11.3. The van der Waals surface area contributed by atoms with Gasteiger partial charge < -0.3 is 9.47 Å². The predicted octanol–water partition coefficient (Wildman–Crippen LogP) is 3.96. The number of thiophene rings is 1. The molecule has 1 aliphatic heterocycles. The van der Waals surface area contributed by atoms with Crippen LogP contribution < -0.4 is 5.56 Å². The highest BCUT2D eigenvalue weighted by atomic mass is 35.5. The predicted molar refractivity (Wildman–Crippen MR) is 122 cm³/mol. The van der Waals surface area contributed by atoms with Crippen molar-refractivity contribution in [1.82, 2.24) is 14.4 Å². The van der Waals surface area contributed by atoms with Gasteiger partial charge in [0.2, 0.25) is 5.91 Å². The van der Waals surface area contributed by atoms with Gasteiger partial charge in [0.15, 0.2) is 0 Å². The molecule has 7 heteroatoms. The van der Waals surface area contributed by atoms with Crippen molar-refractivity contribution in [2.24, 2.45) is 0 Å². The lowest BCUT2D eigenvalue weighted by Gasteiger charge is -2.34. The quantitative estimate of drug-likeness (QED) is 0.581. The van der Waals surface area contributed by atoms with Gasteiger partial charge in [-0.05, 0) is 24.3 Å². The largest absolute Gasteiger partial charge is 0.340 e. The zero-order chi connectivity index (χ0) is 20.9. The molecule has 0 N–H and O–H groups in total. The first kappa shape index (κ1) is 20.8. The highest BCUT2D eigenvalue weighted by Gasteiger charge is 2.21. The lowest BCUT2D eigenvalue weighted by Crippen LogP contribution is -2.48. The van der Waals surface area contributed by atoms with Crippen LogP contribution in [0.25, 0.3) is 10.4 Å². The summed E-state index contributed by atoms with van der Waals surface area (Å²) in [6.07, 6.45) is 2.08. The van der Waals surface area contributed by atoms with Gasteiger partial charge in [-0.25, -0.2) is 0 Å². The van der Waals surface area contributed by atoms with Gasteiger partial charge >= 0.3 is 0 Å². The smallest absolute Gasteiger partial charge is 0.250 e. The van der Waals surface area contributed by atoms with E-state index in [4.69, 9.17) is 11.6 Å². The Bertz CT molecular complexity index is 1070. The van der Waals surface area contributed by atoms with Crippen molar-refractivity contribution in [1.29, 1.82) is 0 Å². The lowest BCUT2D eigenvalue weighted by atomic mass is 10.2. The summed E-state index contributed by atoms with van der Waals surface area (Å²) in [4.78, 5) is 31.1. The Hall–Kier alpha value is -2.41. The van der Waals surface area contributed by atoms with E-state index < -0.39 is 0 Å². The van der Waals surface area contributed by atoms with E-state index >= 15 is 0 Å². The summed E-state index contributed by atoms with van der Waals surface area (Å²) in [6, 6.07) is 17.3. The van der Waals surface area contributed by atoms with E-state index in [1.54, 1.807) is 28.2 Å². The van der Waals surface area contributed by atoms with Gasteiger partial charge in [0.25, 0.3) is 5.56 Å². The van der Waals surface area contributed by atoms with Crippen molar-refractivity contribution >= 4 is 28.8 Å². The molecule has 1 amide bonds. The number of carbonyl (C=O) groups excluding carboxylic acids is 1. The summed E-state index contributed by atoms with van der Waals surface area (Å²) in [5, 5.41) is 0.774. The number of rotatable bonds is 6. The Morgan fingerprint density at radius 2 is 1.73 bits per heavy atom. The maximum absolute atomic E-state index is 12.5. The van der Waals surface area contributed by atoms with Crippen molar-refractivity contribution in [3.05, 3.63) is 81.0 Å². The van der Waals surface area contributed by atoms with E-state index in [2.05, 4.69) is 17.0 Å². The first-order valence-electron chi connectivity index (χ1n) is 10.1. The molecule has 30 heavy (non-hydrogen) atoms. The third-order valence-corrected chi connectivity index (χ3v) is 6.80. The normalized spacial score (nSPS) is 14.8. The number of hydrogen-bond donors (Lipinski definition) is 0. The van der Waals surface area contributed by atoms with Gasteiger partial charge in [-0.3, -0.25) is 14.5 Å². The van der Waals surface area contributed by atoms with E-state index in [9.17, 15) is 9.59 Å². The SMILES string of the molecule is O=C(CCn1ccccc1=O)N1CCN(Cc2ccc(-c3ccccc3Cl)s2)CC1. The minimum atomic E-state index is -0.0674. The Labute approximate surface area is 185 Å². The van der Waals surface area contributed by atoms with Crippen molar-refractivity contribution in [3.63, 3.8) is 0 Å². The van der Waals surface area contributed by atoms with Crippen LogP contribution in [0.15, 0.2) is 65.6 Å². The molecular formula is C23H24ClN3O2S. The minimum Gasteiger partial charge on any atom is -0.340 e. The van der Waals surface area contributed by atoms with E-state index in [1.165, 1.54) is 15.8 Å². The van der Waals surface area contributed by atoms with Crippen molar-refractivity contribution < 1.29 is 4.79 Å². The molecule has 2 aromatic heterocycles. The van der Waals surface area contributed by atoms with Crippen LogP contribution in [-0.4, -0.2) is 46.5 Å². The Morgan fingerprint density at radius 1 is 0.967 bits per heavy atom. The number of carbonyl (C=O) groups is 1. The van der Waals surface area contributed by atoms with Gasteiger partial charge in [-0.1, -0.05) is 35.9 Å². The fraction of sp³-hybridized carbons (Fsp3) is 0.304. The van der Waals surface area contributed by atoms with Gasteiger partial charge in [0.05, 0.1) is 0 Å². The second kappa shape index (κ2) is 9.60. The fourth-order valence-corrected chi connectivity index (χ4v) is 5.05. The molecule has 0 spiro atoms. The molecule has 0 aliphatic carbocycles. The standard InChI is InChI=1S/C23H24ClN3O2S/c24-20-6-2-1-5-19(20)21-9-8-18(30-21)17-25-13-15-27(16-14-25)23(29)10-12-26-11-4-3-7-22(26)28/h1-9,11H,10,12-17H2. The number of nitrogens with zero attached hydrogens (tertiary/aromatic N) is 3. The summed E-state index contributed by atoms with van der Waals surface area (Å²) in [6.45, 7) is 4.48. The highest BCUT2D eigenvalue weighted by Crippen LogP contribution is 2.33. The molecule has 156 valence electrons. The highest BCUT2D eigenvalue weighted by molar-refractivity contribution is 7.15. The number of pyridine rings is 1. The third-order valence-electron chi connectivity index (χ3n) is 5.37. The van der Waals surface area contributed by atoms with Crippen LogP contribution in [0.5, 0.6) is 0 Å². The van der Waals surface area contributed by atoms with Crippen LogP contribution in [0, 0.1) is 0 Å². The molecule has 0 saturated carbocycles. The first-order chi connectivity index (χ1) is 14.6. The van der Waals surface area contributed by atoms with Crippen LogP contribution in [0.4, 0.5) is 0 Å². The lowest BCUT2D eigenvalue weighted by molar-refractivity contribution is -0.133. The van der Waals surface area contributed by atoms with Crippen molar-refractivity contribution in [3.8, 4) is 10.4 Å².